The minimum atomic E-state index is 0.149. The van der Waals surface area contributed by atoms with Crippen LogP contribution in [-0.2, 0) is 6.42 Å². The quantitative estimate of drug-likeness (QED) is 0.775. The Kier molecular flexibility index (Phi) is 3.25. The minimum Gasteiger partial charge on any atom is -0.342 e. The first-order chi connectivity index (χ1) is 7.94. The number of nitrogens with zero attached hydrogens (tertiary/aromatic N) is 1. The van der Waals surface area contributed by atoms with Gasteiger partial charge in [0.2, 0.25) is 0 Å². The molecule has 3 nitrogen and oxygen atoms in total. The Morgan fingerprint density at radius 3 is 2.82 bits per heavy atom. The average Bonchev–Trinajstić information content (AvgIpc) is 2.57. The summed E-state index contributed by atoms with van der Waals surface area (Å²) in [5.41, 5.74) is 2.90. The van der Waals surface area contributed by atoms with Crippen LogP contribution in [0.15, 0.2) is 18.2 Å². The molecule has 0 fully saturated rings. The molecule has 2 aromatic rings. The van der Waals surface area contributed by atoms with Crippen LogP contribution in [0.3, 0.4) is 0 Å². The summed E-state index contributed by atoms with van der Waals surface area (Å²) in [4.78, 5) is 7.81. The van der Waals surface area contributed by atoms with Gasteiger partial charge in [0.25, 0.3) is 0 Å². The van der Waals surface area contributed by atoms with E-state index in [9.17, 15) is 0 Å². The summed E-state index contributed by atoms with van der Waals surface area (Å²) in [6.45, 7) is 7.39. The maximum absolute atomic E-state index is 5.73. The highest BCUT2D eigenvalue weighted by Crippen LogP contribution is 2.09. The zero-order chi connectivity index (χ0) is 12.5. The molecule has 17 heavy (non-hydrogen) atoms. The Hall–Kier alpha value is -1.29. The third kappa shape index (κ3) is 3.33. The van der Waals surface area contributed by atoms with E-state index in [1.54, 1.807) is 0 Å². The van der Waals surface area contributed by atoms with Crippen molar-refractivity contribution in [2.45, 2.75) is 32.7 Å². The lowest BCUT2D eigenvalue weighted by atomic mass is 9.96. The number of H-pyrrole nitrogens is 1. The van der Waals surface area contributed by atoms with Gasteiger partial charge in [0.1, 0.15) is 13.7 Å². The van der Waals surface area contributed by atoms with Gasteiger partial charge in [-0.1, -0.05) is 11.5 Å². The normalized spacial score (nSPS) is 12.2. The van der Waals surface area contributed by atoms with E-state index in [-0.39, 0.29) is 5.54 Å². The summed E-state index contributed by atoms with van der Waals surface area (Å²) in [6.07, 6.45) is 0.895. The number of hydrogen-bond donors (Lipinski definition) is 2. The number of rotatable bonds is 3. The molecule has 2 N–H and O–H groups in total. The number of aromatic nitrogens is 2. The lowest BCUT2D eigenvalue weighted by Gasteiger charge is -2.19. The van der Waals surface area contributed by atoms with Crippen LogP contribution in [0.2, 0.25) is 0 Å². The van der Waals surface area contributed by atoms with Crippen molar-refractivity contribution < 1.29 is 0 Å². The molecule has 0 saturated carbocycles. The molecule has 88 valence electrons. The van der Waals surface area contributed by atoms with Gasteiger partial charge in [0.15, 0.2) is 0 Å². The summed E-state index contributed by atoms with van der Waals surface area (Å²) in [5, 5.41) is 3.44. The van der Waals surface area contributed by atoms with Crippen molar-refractivity contribution in [1.29, 1.82) is 0 Å². The monoisotopic (exact) mass is 227 g/mol. The fourth-order valence-corrected chi connectivity index (χ4v) is 1.75. The van der Waals surface area contributed by atoms with E-state index in [1.807, 2.05) is 18.2 Å². The van der Waals surface area contributed by atoms with Crippen LogP contribution in [-0.4, -0.2) is 29.9 Å². The van der Waals surface area contributed by atoms with Gasteiger partial charge in [-0.2, -0.15) is 0 Å². The molecule has 0 atom stereocenters. The Labute approximate surface area is 103 Å². The van der Waals surface area contributed by atoms with Gasteiger partial charge >= 0.3 is 0 Å². The standard InChI is InChI=1S/C13H18BN3/c1-13(2,3)15-7-6-12-16-10-5-4-9(14)8-11(10)17-12/h4-5,8,15H,6-7H2,1-3H3,(H,16,17). The van der Waals surface area contributed by atoms with Crippen LogP contribution < -0.4 is 10.8 Å². The molecule has 0 aliphatic rings. The zero-order valence-corrected chi connectivity index (χ0v) is 10.7. The number of hydrogen-bond acceptors (Lipinski definition) is 2. The van der Waals surface area contributed by atoms with Crippen molar-refractivity contribution in [3.63, 3.8) is 0 Å². The van der Waals surface area contributed by atoms with Gasteiger partial charge in [-0.15, -0.1) is 0 Å². The molecule has 0 saturated heterocycles. The van der Waals surface area contributed by atoms with Crippen LogP contribution >= 0.6 is 0 Å². The molecule has 0 aliphatic heterocycles. The van der Waals surface area contributed by atoms with Crippen LogP contribution in [0.25, 0.3) is 11.0 Å². The highest BCUT2D eigenvalue weighted by Gasteiger charge is 2.09. The highest BCUT2D eigenvalue weighted by atomic mass is 15.0. The van der Waals surface area contributed by atoms with E-state index in [2.05, 4.69) is 36.1 Å². The molecule has 1 aromatic carbocycles. The summed E-state index contributed by atoms with van der Waals surface area (Å²) in [5.74, 6) is 1.00. The molecule has 2 rings (SSSR count). The van der Waals surface area contributed by atoms with Crippen molar-refractivity contribution in [1.82, 2.24) is 15.3 Å². The summed E-state index contributed by atoms with van der Waals surface area (Å²) < 4.78 is 0. The molecule has 1 aromatic heterocycles. The molecular weight excluding hydrogens is 209 g/mol. The first kappa shape index (κ1) is 12.2. The number of benzene rings is 1. The van der Waals surface area contributed by atoms with Crippen molar-refractivity contribution in [3.05, 3.63) is 24.0 Å². The smallest absolute Gasteiger partial charge is 0.113 e. The first-order valence-electron chi connectivity index (χ1n) is 5.93. The Bertz CT molecular complexity index is 511. The lowest BCUT2D eigenvalue weighted by molar-refractivity contribution is 0.428. The number of nitrogens with one attached hydrogen (secondary N) is 2. The van der Waals surface area contributed by atoms with Crippen LogP contribution in [0.4, 0.5) is 0 Å². The molecular formula is C13H18BN3. The minimum absolute atomic E-state index is 0.149. The van der Waals surface area contributed by atoms with E-state index in [0.717, 1.165) is 35.3 Å². The van der Waals surface area contributed by atoms with E-state index in [4.69, 9.17) is 7.85 Å². The fraction of sp³-hybridized carbons (Fsp3) is 0.462. The van der Waals surface area contributed by atoms with E-state index < -0.39 is 0 Å². The Morgan fingerprint density at radius 1 is 1.35 bits per heavy atom. The second kappa shape index (κ2) is 4.53. The van der Waals surface area contributed by atoms with Crippen LogP contribution in [0, 0.1) is 0 Å². The van der Waals surface area contributed by atoms with Gasteiger partial charge in [0.05, 0.1) is 11.0 Å². The van der Waals surface area contributed by atoms with Crippen molar-refractivity contribution in [3.8, 4) is 0 Å². The van der Waals surface area contributed by atoms with Crippen molar-refractivity contribution >= 4 is 24.3 Å². The molecule has 0 aliphatic carbocycles. The van der Waals surface area contributed by atoms with Gasteiger partial charge in [-0.3, -0.25) is 0 Å². The second-order valence-corrected chi connectivity index (χ2v) is 5.39. The Balaban J connectivity index is 2.05. The predicted molar refractivity (Wildman–Crippen MR) is 72.9 cm³/mol. The zero-order valence-electron chi connectivity index (χ0n) is 10.7. The number of imidazole rings is 1. The summed E-state index contributed by atoms with van der Waals surface area (Å²) >= 11 is 0. The van der Waals surface area contributed by atoms with Gasteiger partial charge in [-0.25, -0.2) is 4.98 Å². The SMILES string of the molecule is [B]c1ccc2nc(CCNC(C)(C)C)[nH]c2c1. The fourth-order valence-electron chi connectivity index (χ4n) is 1.75. The highest BCUT2D eigenvalue weighted by molar-refractivity contribution is 6.33. The second-order valence-electron chi connectivity index (χ2n) is 5.39. The maximum Gasteiger partial charge on any atom is 0.113 e. The average molecular weight is 227 g/mol. The molecule has 4 heteroatoms. The van der Waals surface area contributed by atoms with Gasteiger partial charge in [-0.05, 0) is 32.9 Å². The van der Waals surface area contributed by atoms with Crippen LogP contribution in [0.1, 0.15) is 26.6 Å². The third-order valence-electron chi connectivity index (χ3n) is 2.57. The Morgan fingerprint density at radius 2 is 2.12 bits per heavy atom. The third-order valence-corrected chi connectivity index (χ3v) is 2.57. The van der Waals surface area contributed by atoms with Gasteiger partial charge in [0, 0.05) is 18.5 Å². The summed E-state index contributed by atoms with van der Waals surface area (Å²) in [7, 11) is 5.73. The molecule has 1 heterocycles. The maximum atomic E-state index is 5.73. The molecule has 2 radical (unpaired) electrons. The van der Waals surface area contributed by atoms with E-state index >= 15 is 0 Å². The number of fused-ring (bicyclic) bond motifs is 1. The molecule has 0 unspecified atom stereocenters. The largest absolute Gasteiger partial charge is 0.342 e. The van der Waals surface area contributed by atoms with E-state index in [1.165, 1.54) is 0 Å². The predicted octanol–water partition coefficient (Wildman–Crippen LogP) is 1.29. The molecule has 0 bridgehead atoms. The molecule has 0 spiro atoms. The topological polar surface area (TPSA) is 40.7 Å². The van der Waals surface area contributed by atoms with Gasteiger partial charge < -0.3 is 10.3 Å². The van der Waals surface area contributed by atoms with Crippen molar-refractivity contribution in [2.24, 2.45) is 0 Å². The first-order valence-corrected chi connectivity index (χ1v) is 5.93. The molecule has 0 amide bonds. The summed E-state index contributed by atoms with van der Waals surface area (Å²) in [6, 6.07) is 5.74. The van der Waals surface area contributed by atoms with Crippen molar-refractivity contribution in [2.75, 3.05) is 6.54 Å². The van der Waals surface area contributed by atoms with E-state index in [0.29, 0.717) is 0 Å². The lowest BCUT2D eigenvalue weighted by Crippen LogP contribution is -2.37. The van der Waals surface area contributed by atoms with Crippen LogP contribution in [0.5, 0.6) is 0 Å². The number of aromatic amines is 1.